The average molecular weight is 329 g/mol. The monoisotopic (exact) mass is 329 g/mol. The zero-order valence-electron chi connectivity index (χ0n) is 14.1. The second kappa shape index (κ2) is 7.59. The molecule has 2 heterocycles. The Morgan fingerprint density at radius 3 is 2.75 bits per heavy atom. The standard InChI is InChI=1S/C18H23N3O3/c1-14-12-21(8-7-20(14)9-10-23-2)18(22)16-5-3-15(4-6-16)17-11-19-13-24-17/h3-6,11,13-14H,7-10,12H2,1-2H3. The highest BCUT2D eigenvalue weighted by Gasteiger charge is 2.26. The lowest BCUT2D eigenvalue weighted by Gasteiger charge is -2.39. The maximum Gasteiger partial charge on any atom is 0.253 e. The van der Waals surface area contributed by atoms with Gasteiger partial charge in [0.1, 0.15) is 0 Å². The normalized spacial score (nSPS) is 18.8. The molecular weight excluding hydrogens is 306 g/mol. The van der Waals surface area contributed by atoms with Gasteiger partial charge in [-0.3, -0.25) is 9.69 Å². The van der Waals surface area contributed by atoms with Crippen molar-refractivity contribution in [3.05, 3.63) is 42.4 Å². The van der Waals surface area contributed by atoms with Crippen molar-refractivity contribution in [1.82, 2.24) is 14.8 Å². The van der Waals surface area contributed by atoms with E-state index < -0.39 is 0 Å². The minimum atomic E-state index is 0.0809. The Hall–Kier alpha value is -2.18. The van der Waals surface area contributed by atoms with E-state index in [1.807, 2.05) is 29.2 Å². The minimum Gasteiger partial charge on any atom is -0.444 e. The number of hydrogen-bond acceptors (Lipinski definition) is 5. The molecule has 0 saturated carbocycles. The van der Waals surface area contributed by atoms with E-state index in [0.717, 1.165) is 38.3 Å². The van der Waals surface area contributed by atoms with Crippen LogP contribution < -0.4 is 0 Å². The van der Waals surface area contributed by atoms with E-state index >= 15 is 0 Å². The quantitative estimate of drug-likeness (QED) is 0.841. The van der Waals surface area contributed by atoms with Crippen molar-refractivity contribution in [3.63, 3.8) is 0 Å². The summed E-state index contributed by atoms with van der Waals surface area (Å²) in [6, 6.07) is 7.83. The molecular formula is C18H23N3O3. The third-order valence-corrected chi connectivity index (χ3v) is 4.48. The molecule has 24 heavy (non-hydrogen) atoms. The van der Waals surface area contributed by atoms with Gasteiger partial charge >= 0.3 is 0 Å². The molecule has 2 aromatic rings. The smallest absolute Gasteiger partial charge is 0.253 e. The highest BCUT2D eigenvalue weighted by molar-refractivity contribution is 5.94. The summed E-state index contributed by atoms with van der Waals surface area (Å²) in [5.41, 5.74) is 1.62. The molecule has 6 heteroatoms. The predicted octanol–water partition coefficient (Wildman–Crippen LogP) is 2.13. The molecule has 1 aliphatic heterocycles. The number of ether oxygens (including phenoxy) is 1. The van der Waals surface area contributed by atoms with Crippen molar-refractivity contribution in [2.24, 2.45) is 0 Å². The number of hydrogen-bond donors (Lipinski definition) is 0. The number of oxazole rings is 1. The number of carbonyl (C=O) groups excluding carboxylic acids is 1. The summed E-state index contributed by atoms with van der Waals surface area (Å²) in [7, 11) is 1.72. The van der Waals surface area contributed by atoms with E-state index in [0.29, 0.717) is 17.4 Å². The van der Waals surface area contributed by atoms with E-state index in [1.54, 1.807) is 13.3 Å². The van der Waals surface area contributed by atoms with Gasteiger partial charge < -0.3 is 14.1 Å². The van der Waals surface area contributed by atoms with E-state index in [9.17, 15) is 4.79 Å². The van der Waals surface area contributed by atoms with Crippen LogP contribution in [0.5, 0.6) is 0 Å². The molecule has 1 amide bonds. The topological polar surface area (TPSA) is 58.8 Å². The number of amides is 1. The van der Waals surface area contributed by atoms with Crippen molar-refractivity contribution in [2.75, 3.05) is 39.9 Å². The zero-order valence-corrected chi connectivity index (χ0v) is 14.1. The molecule has 1 aliphatic rings. The van der Waals surface area contributed by atoms with Gasteiger partial charge in [0.2, 0.25) is 0 Å². The molecule has 1 atom stereocenters. The fourth-order valence-electron chi connectivity index (χ4n) is 3.04. The van der Waals surface area contributed by atoms with Gasteiger partial charge in [-0.25, -0.2) is 4.98 Å². The van der Waals surface area contributed by atoms with Crippen LogP contribution in [0.2, 0.25) is 0 Å². The Balaban J connectivity index is 1.62. The molecule has 6 nitrogen and oxygen atoms in total. The van der Waals surface area contributed by atoms with Crippen LogP contribution in [0, 0.1) is 0 Å². The molecule has 128 valence electrons. The van der Waals surface area contributed by atoms with E-state index in [2.05, 4.69) is 16.8 Å². The Morgan fingerprint density at radius 2 is 2.12 bits per heavy atom. The summed E-state index contributed by atoms with van der Waals surface area (Å²) in [5.74, 6) is 0.784. The van der Waals surface area contributed by atoms with Gasteiger partial charge in [-0.2, -0.15) is 0 Å². The SMILES string of the molecule is COCCN1CCN(C(=O)c2ccc(-c3cnco3)cc2)CC1C. The van der Waals surface area contributed by atoms with Crippen molar-refractivity contribution in [3.8, 4) is 11.3 Å². The number of carbonyl (C=O) groups is 1. The van der Waals surface area contributed by atoms with Crippen molar-refractivity contribution in [2.45, 2.75) is 13.0 Å². The summed E-state index contributed by atoms with van der Waals surface area (Å²) in [4.78, 5) is 20.9. The molecule has 1 fully saturated rings. The molecule has 0 bridgehead atoms. The van der Waals surface area contributed by atoms with E-state index in [1.165, 1.54) is 6.39 Å². The molecule has 0 aliphatic carbocycles. The molecule has 3 rings (SSSR count). The maximum atomic E-state index is 12.7. The predicted molar refractivity (Wildman–Crippen MR) is 90.8 cm³/mol. The summed E-state index contributed by atoms with van der Waals surface area (Å²) in [5, 5.41) is 0. The Kier molecular flexibility index (Phi) is 5.27. The van der Waals surface area contributed by atoms with Crippen LogP contribution in [-0.4, -0.2) is 66.6 Å². The molecule has 0 radical (unpaired) electrons. The Bertz CT molecular complexity index is 655. The van der Waals surface area contributed by atoms with Crippen LogP contribution in [0.15, 0.2) is 41.3 Å². The first-order valence-corrected chi connectivity index (χ1v) is 8.20. The fraction of sp³-hybridized carbons (Fsp3) is 0.444. The first-order chi connectivity index (χ1) is 11.7. The average Bonchev–Trinajstić information content (AvgIpc) is 3.15. The zero-order chi connectivity index (χ0) is 16.9. The molecule has 1 unspecified atom stereocenters. The highest BCUT2D eigenvalue weighted by Crippen LogP contribution is 2.20. The van der Waals surface area contributed by atoms with Crippen LogP contribution in [-0.2, 0) is 4.74 Å². The van der Waals surface area contributed by atoms with Gasteiger partial charge in [-0.05, 0) is 19.1 Å². The Morgan fingerprint density at radius 1 is 1.33 bits per heavy atom. The summed E-state index contributed by atoms with van der Waals surface area (Å²) < 4.78 is 10.4. The van der Waals surface area contributed by atoms with Gasteiger partial charge in [0.05, 0.1) is 12.8 Å². The van der Waals surface area contributed by atoms with Crippen LogP contribution in [0.3, 0.4) is 0 Å². The van der Waals surface area contributed by atoms with Crippen LogP contribution >= 0.6 is 0 Å². The van der Waals surface area contributed by atoms with E-state index in [4.69, 9.17) is 9.15 Å². The maximum absolute atomic E-state index is 12.7. The number of nitrogens with zero attached hydrogens (tertiary/aromatic N) is 3. The molecule has 1 aromatic carbocycles. The van der Waals surface area contributed by atoms with Crippen LogP contribution in [0.4, 0.5) is 0 Å². The van der Waals surface area contributed by atoms with E-state index in [-0.39, 0.29) is 5.91 Å². The molecule has 0 spiro atoms. The van der Waals surface area contributed by atoms with Crippen molar-refractivity contribution in [1.29, 1.82) is 0 Å². The molecule has 1 aromatic heterocycles. The highest BCUT2D eigenvalue weighted by atomic mass is 16.5. The third-order valence-electron chi connectivity index (χ3n) is 4.48. The van der Waals surface area contributed by atoms with Gasteiger partial charge in [0, 0.05) is 50.5 Å². The lowest BCUT2D eigenvalue weighted by molar-refractivity contribution is 0.0434. The number of piperazine rings is 1. The number of benzene rings is 1. The lowest BCUT2D eigenvalue weighted by Crippen LogP contribution is -2.54. The fourth-order valence-corrected chi connectivity index (χ4v) is 3.04. The molecule has 1 saturated heterocycles. The van der Waals surface area contributed by atoms with Crippen LogP contribution in [0.1, 0.15) is 17.3 Å². The number of aromatic nitrogens is 1. The second-order valence-electron chi connectivity index (χ2n) is 6.07. The van der Waals surface area contributed by atoms with Gasteiger partial charge in [0.25, 0.3) is 5.91 Å². The Labute approximate surface area is 142 Å². The molecule has 0 N–H and O–H groups in total. The first-order valence-electron chi connectivity index (χ1n) is 8.20. The van der Waals surface area contributed by atoms with Crippen molar-refractivity contribution >= 4 is 5.91 Å². The second-order valence-corrected chi connectivity index (χ2v) is 6.07. The van der Waals surface area contributed by atoms with Crippen molar-refractivity contribution < 1.29 is 13.9 Å². The van der Waals surface area contributed by atoms with Crippen LogP contribution in [0.25, 0.3) is 11.3 Å². The largest absolute Gasteiger partial charge is 0.444 e. The summed E-state index contributed by atoms with van der Waals surface area (Å²) >= 11 is 0. The van der Waals surface area contributed by atoms with Gasteiger partial charge in [-0.1, -0.05) is 12.1 Å². The number of methoxy groups -OCH3 is 1. The number of rotatable bonds is 5. The van der Waals surface area contributed by atoms with Gasteiger partial charge in [-0.15, -0.1) is 0 Å². The summed E-state index contributed by atoms with van der Waals surface area (Å²) in [6.07, 6.45) is 3.07. The summed E-state index contributed by atoms with van der Waals surface area (Å²) in [6.45, 7) is 6.16. The first kappa shape index (κ1) is 16.7. The lowest BCUT2D eigenvalue weighted by atomic mass is 10.1. The van der Waals surface area contributed by atoms with Gasteiger partial charge in [0.15, 0.2) is 12.2 Å². The third kappa shape index (κ3) is 3.66. The minimum absolute atomic E-state index is 0.0809.